The van der Waals surface area contributed by atoms with E-state index in [0.29, 0.717) is 17.1 Å². The molecule has 214 valence electrons. The molecule has 0 bridgehead atoms. The van der Waals surface area contributed by atoms with Crippen LogP contribution in [-0.2, 0) is 5.41 Å². The number of amides is 1. The van der Waals surface area contributed by atoms with Crippen molar-refractivity contribution in [3.8, 4) is 11.3 Å². The molecule has 0 radical (unpaired) electrons. The summed E-state index contributed by atoms with van der Waals surface area (Å²) >= 11 is 0. The molecule has 1 saturated heterocycles. The quantitative estimate of drug-likeness (QED) is 0.223. The van der Waals surface area contributed by atoms with Crippen LogP contribution in [-0.4, -0.2) is 46.5 Å². The number of hydrogen-bond donors (Lipinski definition) is 3. The Bertz CT molecular complexity index is 1730. The number of rotatable bonds is 6. The van der Waals surface area contributed by atoms with Crippen LogP contribution < -0.4 is 20.9 Å². The van der Waals surface area contributed by atoms with Crippen LogP contribution in [0.2, 0.25) is 0 Å². The topological polar surface area (TPSA) is 86.6 Å². The van der Waals surface area contributed by atoms with Crippen molar-refractivity contribution in [3.63, 3.8) is 0 Å². The summed E-state index contributed by atoms with van der Waals surface area (Å²) < 4.78 is 1.97. The number of imidazole rings is 1. The van der Waals surface area contributed by atoms with Gasteiger partial charge in [-0.05, 0) is 65.9 Å². The van der Waals surface area contributed by atoms with Crippen LogP contribution in [0.4, 0.5) is 22.9 Å². The zero-order valence-corrected chi connectivity index (χ0v) is 24.6. The lowest BCUT2D eigenvalue weighted by Crippen LogP contribution is -2.43. The predicted octanol–water partition coefficient (Wildman–Crippen LogP) is 6.41. The van der Waals surface area contributed by atoms with Crippen LogP contribution in [0.25, 0.3) is 16.9 Å². The molecule has 6 rings (SSSR count). The molecule has 0 spiro atoms. The molecule has 3 heterocycles. The molecule has 0 saturated carbocycles. The van der Waals surface area contributed by atoms with Crippen LogP contribution in [0.5, 0.6) is 0 Å². The normalized spacial score (nSPS) is 13.8. The zero-order chi connectivity index (χ0) is 29.3. The first-order chi connectivity index (χ1) is 20.2. The maximum atomic E-state index is 13.0. The van der Waals surface area contributed by atoms with Gasteiger partial charge in [-0.25, -0.2) is 9.97 Å². The molecule has 42 heavy (non-hydrogen) atoms. The van der Waals surface area contributed by atoms with Gasteiger partial charge in [0.25, 0.3) is 5.91 Å². The fourth-order valence-electron chi connectivity index (χ4n) is 5.37. The number of carbonyl (C=O) groups is 1. The third-order valence-corrected chi connectivity index (χ3v) is 7.72. The average Bonchev–Trinajstić information content (AvgIpc) is 3.47. The minimum atomic E-state index is -0.146. The van der Waals surface area contributed by atoms with E-state index in [1.165, 1.54) is 16.8 Å². The Labute approximate surface area is 246 Å². The minimum Gasteiger partial charge on any atom is -0.369 e. The Morgan fingerprint density at radius 3 is 2.48 bits per heavy atom. The molecule has 1 fully saturated rings. The lowest BCUT2D eigenvalue weighted by Gasteiger charge is -2.31. The predicted molar refractivity (Wildman–Crippen MR) is 171 cm³/mol. The fourth-order valence-corrected chi connectivity index (χ4v) is 5.37. The minimum absolute atomic E-state index is 0.0354. The van der Waals surface area contributed by atoms with E-state index in [1.807, 2.05) is 65.3 Å². The van der Waals surface area contributed by atoms with Gasteiger partial charge < -0.3 is 25.3 Å². The number of carbonyl (C=O) groups excluding carboxylic acids is 1. The summed E-state index contributed by atoms with van der Waals surface area (Å²) in [7, 11) is 0. The molecule has 1 aliphatic heterocycles. The molecule has 1 amide bonds. The van der Waals surface area contributed by atoms with Crippen LogP contribution in [0.3, 0.4) is 0 Å². The summed E-state index contributed by atoms with van der Waals surface area (Å²) in [4.78, 5) is 24.9. The maximum absolute atomic E-state index is 13.0. The van der Waals surface area contributed by atoms with Gasteiger partial charge in [-0.2, -0.15) is 0 Å². The molecule has 3 N–H and O–H groups in total. The first-order valence-electron chi connectivity index (χ1n) is 14.4. The zero-order valence-electron chi connectivity index (χ0n) is 24.6. The van der Waals surface area contributed by atoms with Crippen molar-refractivity contribution in [2.45, 2.75) is 33.1 Å². The van der Waals surface area contributed by atoms with Crippen molar-refractivity contribution < 1.29 is 4.79 Å². The SMILES string of the molecule is Cc1cc(Nc2nc(-c3cccc(NC(=O)c4ccc(C(C)(C)C)cc4)c3)cn3ccnc23)ccc1N1CCNCC1. The van der Waals surface area contributed by atoms with E-state index in [1.54, 1.807) is 6.20 Å². The highest BCUT2D eigenvalue weighted by atomic mass is 16.1. The highest BCUT2D eigenvalue weighted by molar-refractivity contribution is 6.04. The van der Waals surface area contributed by atoms with E-state index in [2.05, 4.69) is 71.7 Å². The van der Waals surface area contributed by atoms with Crippen LogP contribution in [0, 0.1) is 6.92 Å². The van der Waals surface area contributed by atoms with Crippen molar-refractivity contribution in [1.82, 2.24) is 19.7 Å². The summed E-state index contributed by atoms with van der Waals surface area (Å²) in [5, 5.41) is 9.96. The summed E-state index contributed by atoms with van der Waals surface area (Å²) in [5.41, 5.74) is 8.39. The van der Waals surface area contributed by atoms with Gasteiger partial charge in [-0.3, -0.25) is 4.79 Å². The molecule has 3 aromatic carbocycles. The number of fused-ring (bicyclic) bond motifs is 1. The van der Waals surface area contributed by atoms with E-state index >= 15 is 0 Å². The molecular formula is C34H37N7O. The van der Waals surface area contributed by atoms with Crippen LogP contribution in [0.15, 0.2) is 85.3 Å². The molecule has 5 aromatic rings. The third kappa shape index (κ3) is 5.85. The van der Waals surface area contributed by atoms with Crippen molar-refractivity contribution in [2.24, 2.45) is 0 Å². The van der Waals surface area contributed by atoms with E-state index in [0.717, 1.165) is 48.8 Å². The van der Waals surface area contributed by atoms with Gasteiger partial charge in [0.2, 0.25) is 0 Å². The molecule has 0 aliphatic carbocycles. The number of nitrogens with zero attached hydrogens (tertiary/aromatic N) is 4. The molecule has 0 unspecified atom stereocenters. The van der Waals surface area contributed by atoms with Crippen LogP contribution >= 0.6 is 0 Å². The Morgan fingerprint density at radius 1 is 0.952 bits per heavy atom. The smallest absolute Gasteiger partial charge is 0.255 e. The van der Waals surface area contributed by atoms with E-state index in [4.69, 9.17) is 4.98 Å². The summed E-state index contributed by atoms with van der Waals surface area (Å²) in [6.45, 7) is 12.7. The lowest BCUT2D eigenvalue weighted by molar-refractivity contribution is 0.102. The number of hydrogen-bond acceptors (Lipinski definition) is 6. The van der Waals surface area contributed by atoms with Gasteiger partial charge in [0.1, 0.15) is 0 Å². The Hall–Kier alpha value is -4.69. The number of anilines is 4. The maximum Gasteiger partial charge on any atom is 0.255 e. The van der Waals surface area contributed by atoms with Gasteiger partial charge in [0.05, 0.1) is 5.69 Å². The first kappa shape index (κ1) is 27.5. The van der Waals surface area contributed by atoms with E-state index < -0.39 is 0 Å². The van der Waals surface area contributed by atoms with Gasteiger partial charge in [-0.1, -0.05) is 45.0 Å². The highest BCUT2D eigenvalue weighted by Crippen LogP contribution is 2.29. The van der Waals surface area contributed by atoms with Crippen molar-refractivity contribution in [3.05, 3.63) is 102 Å². The first-order valence-corrected chi connectivity index (χ1v) is 14.4. The van der Waals surface area contributed by atoms with Crippen LogP contribution in [0.1, 0.15) is 42.3 Å². The molecule has 0 atom stereocenters. The molecular weight excluding hydrogens is 522 g/mol. The molecule has 2 aromatic heterocycles. The number of nitrogens with one attached hydrogen (secondary N) is 3. The van der Waals surface area contributed by atoms with E-state index in [9.17, 15) is 4.79 Å². The Morgan fingerprint density at radius 2 is 1.74 bits per heavy atom. The number of aromatic nitrogens is 3. The second-order valence-corrected chi connectivity index (χ2v) is 11.9. The second-order valence-electron chi connectivity index (χ2n) is 11.9. The fraction of sp³-hybridized carbons (Fsp3) is 0.265. The van der Waals surface area contributed by atoms with Gasteiger partial charge in [0, 0.05) is 73.0 Å². The van der Waals surface area contributed by atoms with Gasteiger partial charge in [0.15, 0.2) is 11.5 Å². The molecule has 8 nitrogen and oxygen atoms in total. The van der Waals surface area contributed by atoms with Gasteiger partial charge >= 0.3 is 0 Å². The highest BCUT2D eigenvalue weighted by Gasteiger charge is 2.16. The largest absolute Gasteiger partial charge is 0.369 e. The van der Waals surface area contributed by atoms with Gasteiger partial charge in [-0.15, -0.1) is 0 Å². The third-order valence-electron chi connectivity index (χ3n) is 7.72. The Balaban J connectivity index is 1.24. The number of aryl methyl sites for hydroxylation is 1. The summed E-state index contributed by atoms with van der Waals surface area (Å²) in [6, 6.07) is 22.0. The Kier molecular flexibility index (Phi) is 7.39. The van der Waals surface area contributed by atoms with Crippen molar-refractivity contribution >= 4 is 34.4 Å². The standard InChI is InChI=1S/C34H37N7O/c1-23-20-28(12-13-30(23)40-17-14-35-15-18-40)37-31-32-36-16-19-41(32)22-29(39-31)25-6-5-7-27(21-25)38-33(42)24-8-10-26(11-9-24)34(2,3)4/h5-13,16,19-22,35H,14-15,17-18H2,1-4H3,(H,37,39)(H,38,42). The number of piperazine rings is 1. The molecule has 1 aliphatic rings. The molecule has 8 heteroatoms. The number of benzene rings is 3. The average molecular weight is 560 g/mol. The van der Waals surface area contributed by atoms with Crippen molar-refractivity contribution in [1.29, 1.82) is 0 Å². The lowest BCUT2D eigenvalue weighted by atomic mass is 9.87. The summed E-state index contributed by atoms with van der Waals surface area (Å²) in [6.07, 6.45) is 5.64. The monoisotopic (exact) mass is 559 g/mol. The summed E-state index contributed by atoms with van der Waals surface area (Å²) in [5.74, 6) is 0.521. The second kappa shape index (κ2) is 11.3. The van der Waals surface area contributed by atoms with E-state index in [-0.39, 0.29) is 11.3 Å². The van der Waals surface area contributed by atoms with Crippen molar-refractivity contribution in [2.75, 3.05) is 41.7 Å².